The zero-order chi connectivity index (χ0) is 23.3. The first-order valence-electron chi connectivity index (χ1n) is 10.0. The topological polar surface area (TPSA) is 76.0 Å². The molecule has 168 valence electrons. The van der Waals surface area contributed by atoms with Crippen molar-refractivity contribution < 1.29 is 14.0 Å². The number of aromatic nitrogens is 2. The summed E-state index contributed by atoms with van der Waals surface area (Å²) in [5, 5.41) is 6.12. The van der Waals surface area contributed by atoms with Gasteiger partial charge in [-0.1, -0.05) is 43.1 Å². The Morgan fingerprint density at radius 2 is 1.94 bits per heavy atom. The minimum atomic E-state index is -0.774. The first kappa shape index (κ1) is 23.8. The maximum absolute atomic E-state index is 14.5. The lowest BCUT2D eigenvalue weighted by Gasteiger charge is -2.20. The molecule has 0 aliphatic heterocycles. The molecule has 0 radical (unpaired) electrons. The third-order valence-corrected chi connectivity index (χ3v) is 5.31. The van der Waals surface area contributed by atoms with E-state index in [1.165, 1.54) is 24.5 Å². The van der Waals surface area contributed by atoms with Gasteiger partial charge in [0.25, 0.3) is 5.91 Å². The predicted octanol–water partition coefficient (Wildman–Crippen LogP) is 4.78. The number of nitrogens with zero attached hydrogens (tertiary/aromatic N) is 2. The first-order valence-corrected chi connectivity index (χ1v) is 10.8. The maximum Gasteiger partial charge on any atom is 0.253 e. The predicted molar refractivity (Wildman–Crippen MR) is 123 cm³/mol. The molecule has 1 unspecified atom stereocenters. The molecule has 1 aromatic heterocycles. The number of carbonyl (C=O) groups is 2. The van der Waals surface area contributed by atoms with Gasteiger partial charge in [0.2, 0.25) is 5.91 Å². The summed E-state index contributed by atoms with van der Waals surface area (Å²) in [4.78, 5) is 29.4. The summed E-state index contributed by atoms with van der Waals surface area (Å²) in [6.45, 7) is 4.02. The van der Waals surface area contributed by atoms with Crippen LogP contribution in [0, 0.1) is 11.7 Å². The van der Waals surface area contributed by atoms with Crippen LogP contribution in [-0.4, -0.2) is 27.4 Å². The van der Waals surface area contributed by atoms with E-state index in [-0.39, 0.29) is 29.0 Å². The van der Waals surface area contributed by atoms with Gasteiger partial charge in [0.15, 0.2) is 0 Å². The van der Waals surface area contributed by atoms with Crippen LogP contribution < -0.4 is 10.6 Å². The number of halogens is 3. The van der Waals surface area contributed by atoms with Crippen LogP contribution in [0.5, 0.6) is 0 Å². The van der Waals surface area contributed by atoms with Crippen LogP contribution in [0.2, 0.25) is 10.0 Å². The smallest absolute Gasteiger partial charge is 0.253 e. The number of nitrogens with one attached hydrogen (secondary N) is 2. The van der Waals surface area contributed by atoms with Crippen molar-refractivity contribution in [2.45, 2.75) is 32.9 Å². The molecule has 1 atom stereocenters. The van der Waals surface area contributed by atoms with Gasteiger partial charge in [0, 0.05) is 24.0 Å². The number of amides is 2. The zero-order valence-corrected chi connectivity index (χ0v) is 19.1. The maximum atomic E-state index is 14.5. The highest BCUT2D eigenvalue weighted by molar-refractivity contribution is 6.36. The van der Waals surface area contributed by atoms with Crippen molar-refractivity contribution >= 4 is 35.0 Å². The number of carbonyl (C=O) groups excluding carboxylic acids is 2. The summed E-state index contributed by atoms with van der Waals surface area (Å²) in [5.74, 6) is -1.11. The molecule has 0 saturated carbocycles. The van der Waals surface area contributed by atoms with Crippen LogP contribution in [0.1, 0.15) is 36.2 Å². The Morgan fingerprint density at radius 1 is 1.16 bits per heavy atom. The lowest BCUT2D eigenvalue weighted by Crippen LogP contribution is -2.47. The first-order chi connectivity index (χ1) is 15.2. The molecule has 32 heavy (non-hydrogen) atoms. The van der Waals surface area contributed by atoms with Gasteiger partial charge >= 0.3 is 0 Å². The molecule has 0 spiro atoms. The van der Waals surface area contributed by atoms with Crippen LogP contribution in [0.15, 0.2) is 55.1 Å². The third kappa shape index (κ3) is 6.08. The van der Waals surface area contributed by atoms with Gasteiger partial charge < -0.3 is 15.2 Å². The molecule has 0 bridgehead atoms. The van der Waals surface area contributed by atoms with Crippen molar-refractivity contribution in [3.63, 3.8) is 0 Å². The highest BCUT2D eigenvalue weighted by Crippen LogP contribution is 2.21. The van der Waals surface area contributed by atoms with Crippen LogP contribution >= 0.6 is 23.2 Å². The molecule has 1 heterocycles. The van der Waals surface area contributed by atoms with E-state index >= 15 is 0 Å². The van der Waals surface area contributed by atoms with E-state index in [9.17, 15) is 14.0 Å². The highest BCUT2D eigenvalue weighted by atomic mass is 35.5. The highest BCUT2D eigenvalue weighted by Gasteiger charge is 2.23. The molecule has 0 aliphatic carbocycles. The molecule has 2 N–H and O–H groups in total. The summed E-state index contributed by atoms with van der Waals surface area (Å²) < 4.78 is 16.0. The van der Waals surface area contributed by atoms with Crippen LogP contribution in [0.25, 0.3) is 5.69 Å². The van der Waals surface area contributed by atoms with Gasteiger partial charge in [-0.2, -0.15) is 0 Å². The van der Waals surface area contributed by atoms with Gasteiger partial charge in [-0.15, -0.1) is 0 Å². The quantitative estimate of drug-likeness (QED) is 0.491. The summed E-state index contributed by atoms with van der Waals surface area (Å²) >= 11 is 12.0. The van der Waals surface area contributed by atoms with Gasteiger partial charge in [-0.25, -0.2) is 9.37 Å². The summed E-state index contributed by atoms with van der Waals surface area (Å²) in [5.41, 5.74) is 1.19. The second-order valence-electron chi connectivity index (χ2n) is 7.75. The fourth-order valence-corrected chi connectivity index (χ4v) is 3.69. The monoisotopic (exact) mass is 476 g/mol. The average Bonchev–Trinajstić information content (AvgIpc) is 3.25. The molecule has 2 amide bonds. The fraction of sp³-hybridized carbons (Fsp3) is 0.261. The molecule has 3 rings (SSSR count). The van der Waals surface area contributed by atoms with E-state index in [2.05, 4.69) is 15.6 Å². The normalized spacial score (nSPS) is 11.9. The second-order valence-corrected chi connectivity index (χ2v) is 8.60. The van der Waals surface area contributed by atoms with E-state index in [4.69, 9.17) is 23.2 Å². The van der Waals surface area contributed by atoms with Crippen LogP contribution in [-0.2, 0) is 11.3 Å². The second kappa shape index (κ2) is 10.6. The lowest BCUT2D eigenvalue weighted by molar-refractivity contribution is -0.123. The molecule has 6 nitrogen and oxygen atoms in total. The minimum Gasteiger partial charge on any atom is -0.350 e. The number of rotatable bonds is 8. The Hall–Kier alpha value is -2.90. The van der Waals surface area contributed by atoms with Crippen molar-refractivity contribution in [2.24, 2.45) is 5.92 Å². The fourth-order valence-electron chi connectivity index (χ4n) is 3.20. The number of imidazole rings is 1. The Bertz CT molecular complexity index is 1100. The van der Waals surface area contributed by atoms with Crippen molar-refractivity contribution in [1.29, 1.82) is 0 Å². The van der Waals surface area contributed by atoms with E-state index in [0.29, 0.717) is 22.7 Å². The standard InChI is InChI=1S/C23H23Cl2FN4O2/c1-14(2)9-20(29-22(31)17-5-4-16(24)11-18(17)25)23(32)28-12-15-3-6-21(19(26)10-15)30-8-7-27-13-30/h3-8,10-11,13-14,20H,9,12H2,1-2H3,(H,28,32)(H,29,31). The van der Waals surface area contributed by atoms with Gasteiger partial charge in [-0.3, -0.25) is 9.59 Å². The third-order valence-electron chi connectivity index (χ3n) is 4.77. The van der Waals surface area contributed by atoms with Crippen molar-refractivity contribution in [3.8, 4) is 5.69 Å². The average molecular weight is 477 g/mol. The summed E-state index contributed by atoms with van der Waals surface area (Å²) in [6.07, 6.45) is 5.14. The van der Waals surface area contributed by atoms with E-state index in [1.807, 2.05) is 13.8 Å². The summed E-state index contributed by atoms with van der Waals surface area (Å²) in [7, 11) is 0. The van der Waals surface area contributed by atoms with E-state index in [1.54, 1.807) is 35.2 Å². The van der Waals surface area contributed by atoms with Crippen molar-refractivity contribution in [1.82, 2.24) is 20.2 Å². The zero-order valence-electron chi connectivity index (χ0n) is 17.6. The Morgan fingerprint density at radius 3 is 2.56 bits per heavy atom. The van der Waals surface area contributed by atoms with Crippen molar-refractivity contribution in [2.75, 3.05) is 0 Å². The Balaban J connectivity index is 1.67. The largest absolute Gasteiger partial charge is 0.350 e. The number of hydrogen-bond acceptors (Lipinski definition) is 3. The van der Waals surface area contributed by atoms with Gasteiger partial charge in [0.1, 0.15) is 11.9 Å². The van der Waals surface area contributed by atoms with Crippen LogP contribution in [0.4, 0.5) is 4.39 Å². The van der Waals surface area contributed by atoms with Crippen molar-refractivity contribution in [3.05, 3.63) is 82.1 Å². The molecule has 0 fully saturated rings. The Kier molecular flexibility index (Phi) is 7.88. The SMILES string of the molecule is CC(C)CC(NC(=O)c1ccc(Cl)cc1Cl)C(=O)NCc1ccc(-n2ccnc2)c(F)c1. The van der Waals surface area contributed by atoms with E-state index in [0.717, 1.165) is 0 Å². The molecule has 9 heteroatoms. The molecule has 2 aromatic carbocycles. The van der Waals surface area contributed by atoms with Gasteiger partial charge in [-0.05, 0) is 48.2 Å². The minimum absolute atomic E-state index is 0.117. The van der Waals surface area contributed by atoms with E-state index < -0.39 is 17.8 Å². The Labute approximate surface area is 195 Å². The van der Waals surface area contributed by atoms with Gasteiger partial charge in [0.05, 0.1) is 22.6 Å². The summed E-state index contributed by atoms with van der Waals surface area (Å²) in [6, 6.07) is 8.47. The molecular weight excluding hydrogens is 454 g/mol. The molecule has 3 aromatic rings. The number of hydrogen-bond donors (Lipinski definition) is 2. The molecule has 0 saturated heterocycles. The number of benzene rings is 2. The molecule has 0 aliphatic rings. The van der Waals surface area contributed by atoms with Crippen LogP contribution in [0.3, 0.4) is 0 Å². The molecular formula is C23H23Cl2FN4O2. The lowest BCUT2D eigenvalue weighted by atomic mass is 10.0.